The molecule has 2 N–H and O–H groups in total. The molecule has 0 heterocycles. The molecular weight excluding hydrogens is 280 g/mol. The van der Waals surface area contributed by atoms with E-state index in [-0.39, 0.29) is 12.5 Å². The average molecular weight is 310 g/mol. The lowest BCUT2D eigenvalue weighted by atomic mass is 10.2. The van der Waals surface area contributed by atoms with Crippen LogP contribution in [0.5, 0.6) is 5.75 Å². The topological polar surface area (TPSA) is 61.8 Å². The number of nitrogens with one attached hydrogen (secondary N) is 1. The summed E-state index contributed by atoms with van der Waals surface area (Å²) in [5.74, 6) is 0.656. The van der Waals surface area contributed by atoms with Crippen LogP contribution in [-0.2, 0) is 4.79 Å². The van der Waals surface area contributed by atoms with Gasteiger partial charge in [-0.15, -0.1) is 0 Å². The molecular formula is C17H30N2O3. The van der Waals surface area contributed by atoms with E-state index < -0.39 is 6.10 Å². The monoisotopic (exact) mass is 310 g/mol. The summed E-state index contributed by atoms with van der Waals surface area (Å²) in [4.78, 5) is 12.8. The summed E-state index contributed by atoms with van der Waals surface area (Å²) in [6.07, 6.45) is -0.544. The average Bonchev–Trinajstić information content (AvgIpc) is 2.52. The van der Waals surface area contributed by atoms with Crippen molar-refractivity contribution in [3.05, 3.63) is 24.3 Å². The van der Waals surface area contributed by atoms with Crippen molar-refractivity contribution in [2.24, 2.45) is 0 Å². The molecule has 0 aliphatic rings. The van der Waals surface area contributed by atoms with Gasteiger partial charge in [-0.2, -0.15) is 0 Å². The molecule has 126 valence electrons. The van der Waals surface area contributed by atoms with Crippen LogP contribution in [0, 0.1) is 0 Å². The van der Waals surface area contributed by atoms with Crippen LogP contribution in [0.3, 0.4) is 0 Å². The van der Waals surface area contributed by atoms with Crippen LogP contribution in [0.15, 0.2) is 24.3 Å². The van der Waals surface area contributed by atoms with Crippen LogP contribution in [0.2, 0.25) is 0 Å². The van der Waals surface area contributed by atoms with Gasteiger partial charge in [-0.1, -0.05) is 27.7 Å². The quantitative estimate of drug-likeness (QED) is 0.812. The minimum Gasteiger partial charge on any atom is -0.491 e. The van der Waals surface area contributed by atoms with Gasteiger partial charge < -0.3 is 20.1 Å². The fourth-order valence-corrected chi connectivity index (χ4v) is 1.57. The molecule has 0 aliphatic carbocycles. The molecule has 0 aromatic heterocycles. The largest absolute Gasteiger partial charge is 0.491 e. The van der Waals surface area contributed by atoms with Crippen LogP contribution in [-0.4, -0.2) is 43.4 Å². The zero-order chi connectivity index (χ0) is 17.1. The van der Waals surface area contributed by atoms with E-state index in [4.69, 9.17) is 4.74 Å². The Kier molecular flexibility index (Phi) is 10.2. The molecule has 1 aromatic carbocycles. The molecule has 1 amide bonds. The van der Waals surface area contributed by atoms with Gasteiger partial charge in [0, 0.05) is 32.2 Å². The summed E-state index contributed by atoms with van der Waals surface area (Å²) >= 11 is 0. The van der Waals surface area contributed by atoms with Crippen molar-refractivity contribution in [2.45, 2.75) is 46.8 Å². The van der Waals surface area contributed by atoms with Crippen LogP contribution in [0.1, 0.15) is 34.6 Å². The molecule has 0 radical (unpaired) electrons. The number of hydrogen-bond acceptors (Lipinski definition) is 4. The fraction of sp³-hybridized carbons (Fsp3) is 0.588. The second kappa shape index (κ2) is 11.0. The van der Waals surface area contributed by atoms with Crippen molar-refractivity contribution in [3.8, 4) is 5.75 Å². The molecule has 0 aliphatic heterocycles. The Balaban J connectivity index is 0.00000211. The van der Waals surface area contributed by atoms with Gasteiger partial charge in [0.15, 0.2) is 0 Å². The fourth-order valence-electron chi connectivity index (χ4n) is 1.57. The number of aliphatic hydroxyl groups excluding tert-OH is 1. The van der Waals surface area contributed by atoms with Crippen LogP contribution >= 0.6 is 0 Å². The van der Waals surface area contributed by atoms with Crippen LogP contribution < -0.4 is 15.0 Å². The summed E-state index contributed by atoms with van der Waals surface area (Å²) in [6.45, 7) is 10.3. The summed E-state index contributed by atoms with van der Waals surface area (Å²) in [5, 5.41) is 12.9. The molecule has 5 heteroatoms. The van der Waals surface area contributed by atoms with Crippen molar-refractivity contribution in [3.63, 3.8) is 0 Å². The number of hydrogen-bond donors (Lipinski definition) is 2. The summed E-state index contributed by atoms with van der Waals surface area (Å²) in [5.41, 5.74) is 0.812. The molecule has 1 aromatic rings. The van der Waals surface area contributed by atoms with Gasteiger partial charge >= 0.3 is 0 Å². The molecule has 0 saturated heterocycles. The van der Waals surface area contributed by atoms with Gasteiger partial charge in [0.2, 0.25) is 5.91 Å². The zero-order valence-electron chi connectivity index (χ0n) is 14.6. The minimum absolute atomic E-state index is 0.0196. The maximum atomic E-state index is 11.2. The molecule has 1 atom stereocenters. The standard InChI is InChI=1S/C15H24N2O3.C2H6/c1-11(2)16-9-14(19)10-20-15-7-5-13(6-8-15)17(4)12(3)18;1-2/h5-8,11,14,16,19H,9-10H2,1-4H3;1-2H3. The van der Waals surface area contributed by atoms with E-state index in [2.05, 4.69) is 5.32 Å². The van der Waals surface area contributed by atoms with Gasteiger partial charge in [-0.3, -0.25) is 4.79 Å². The third kappa shape index (κ3) is 8.00. The van der Waals surface area contributed by atoms with Crippen LogP contribution in [0.4, 0.5) is 5.69 Å². The van der Waals surface area contributed by atoms with Crippen molar-refractivity contribution < 1.29 is 14.6 Å². The number of ether oxygens (including phenoxy) is 1. The maximum absolute atomic E-state index is 11.2. The van der Waals surface area contributed by atoms with E-state index in [1.807, 2.05) is 39.8 Å². The third-order valence-electron chi connectivity index (χ3n) is 2.90. The van der Waals surface area contributed by atoms with Crippen molar-refractivity contribution in [1.29, 1.82) is 0 Å². The van der Waals surface area contributed by atoms with Crippen molar-refractivity contribution in [1.82, 2.24) is 5.32 Å². The highest BCUT2D eigenvalue weighted by Crippen LogP contribution is 2.18. The molecule has 1 unspecified atom stereocenters. The second-order valence-corrected chi connectivity index (χ2v) is 5.10. The first kappa shape index (κ1) is 20.4. The van der Waals surface area contributed by atoms with E-state index in [1.54, 1.807) is 24.1 Å². The molecule has 0 spiro atoms. The highest BCUT2D eigenvalue weighted by molar-refractivity contribution is 5.90. The van der Waals surface area contributed by atoms with Crippen LogP contribution in [0.25, 0.3) is 0 Å². The minimum atomic E-state index is -0.544. The van der Waals surface area contributed by atoms with E-state index in [0.717, 1.165) is 5.69 Å². The normalized spacial score (nSPS) is 11.5. The Bertz CT molecular complexity index is 418. The summed E-state index contributed by atoms with van der Waals surface area (Å²) < 4.78 is 5.50. The number of nitrogens with zero attached hydrogens (tertiary/aromatic N) is 1. The highest BCUT2D eigenvalue weighted by atomic mass is 16.5. The number of carbonyl (C=O) groups excluding carboxylic acids is 1. The second-order valence-electron chi connectivity index (χ2n) is 5.10. The number of anilines is 1. The lowest BCUT2D eigenvalue weighted by molar-refractivity contribution is -0.116. The first-order valence-corrected chi connectivity index (χ1v) is 7.78. The van der Waals surface area contributed by atoms with Gasteiger partial charge in [0.1, 0.15) is 18.5 Å². The number of rotatable bonds is 7. The zero-order valence-corrected chi connectivity index (χ0v) is 14.6. The Hall–Kier alpha value is -1.59. The van der Waals surface area contributed by atoms with Gasteiger partial charge in [0.25, 0.3) is 0 Å². The molecule has 1 rings (SSSR count). The Morgan fingerprint density at radius 3 is 2.27 bits per heavy atom. The van der Waals surface area contributed by atoms with E-state index in [9.17, 15) is 9.90 Å². The molecule has 5 nitrogen and oxygen atoms in total. The first-order chi connectivity index (χ1) is 10.4. The Morgan fingerprint density at radius 1 is 1.27 bits per heavy atom. The number of amides is 1. The highest BCUT2D eigenvalue weighted by Gasteiger charge is 2.07. The Labute approximate surface area is 134 Å². The smallest absolute Gasteiger partial charge is 0.223 e. The van der Waals surface area contributed by atoms with Gasteiger partial charge in [-0.05, 0) is 24.3 Å². The van der Waals surface area contributed by atoms with Crippen molar-refractivity contribution in [2.75, 3.05) is 25.1 Å². The number of benzene rings is 1. The lowest BCUT2D eigenvalue weighted by Gasteiger charge is -2.17. The molecule has 0 saturated carbocycles. The maximum Gasteiger partial charge on any atom is 0.223 e. The van der Waals surface area contributed by atoms with E-state index in [1.165, 1.54) is 6.92 Å². The number of carbonyl (C=O) groups is 1. The van der Waals surface area contributed by atoms with Gasteiger partial charge in [0.05, 0.1) is 0 Å². The number of aliphatic hydroxyl groups is 1. The molecule has 0 fully saturated rings. The Morgan fingerprint density at radius 2 is 1.82 bits per heavy atom. The molecule has 22 heavy (non-hydrogen) atoms. The molecule has 0 bridgehead atoms. The lowest BCUT2D eigenvalue weighted by Crippen LogP contribution is -2.35. The predicted octanol–water partition coefficient (Wildman–Crippen LogP) is 2.43. The summed E-state index contributed by atoms with van der Waals surface area (Å²) in [6, 6.07) is 7.55. The predicted molar refractivity (Wildman–Crippen MR) is 91.5 cm³/mol. The van der Waals surface area contributed by atoms with Gasteiger partial charge in [-0.25, -0.2) is 0 Å². The summed E-state index contributed by atoms with van der Waals surface area (Å²) in [7, 11) is 1.72. The van der Waals surface area contributed by atoms with Crippen molar-refractivity contribution >= 4 is 11.6 Å². The van der Waals surface area contributed by atoms with E-state index in [0.29, 0.717) is 18.3 Å². The first-order valence-electron chi connectivity index (χ1n) is 7.78. The van der Waals surface area contributed by atoms with E-state index >= 15 is 0 Å². The third-order valence-corrected chi connectivity index (χ3v) is 2.90. The SMILES string of the molecule is CC.CC(=O)N(C)c1ccc(OCC(O)CNC(C)C)cc1.